The van der Waals surface area contributed by atoms with Crippen molar-refractivity contribution in [1.29, 1.82) is 0 Å². The van der Waals surface area contributed by atoms with Gasteiger partial charge in [-0.1, -0.05) is 72.4 Å². The second kappa shape index (κ2) is 5.66. The molecule has 26 heavy (non-hydrogen) atoms. The van der Waals surface area contributed by atoms with E-state index >= 15 is 0 Å². The molecule has 0 amide bonds. The van der Waals surface area contributed by atoms with Gasteiger partial charge < -0.3 is 0 Å². The lowest BCUT2D eigenvalue weighted by Gasteiger charge is -2.11. The molecule has 0 radical (unpaired) electrons. The fourth-order valence-corrected chi connectivity index (χ4v) is 3.67. The molecule has 0 atom stereocenters. The minimum Gasteiger partial charge on any atom is -0.115 e. The van der Waals surface area contributed by atoms with Gasteiger partial charge in [-0.3, -0.25) is 0 Å². The summed E-state index contributed by atoms with van der Waals surface area (Å²) in [5, 5.41) is 7.61. The Kier molecular flexibility index (Phi) is 3.18. The van der Waals surface area contributed by atoms with Crippen molar-refractivity contribution in [2.24, 2.45) is 0 Å². The van der Waals surface area contributed by atoms with Crippen LogP contribution in [0.3, 0.4) is 0 Å². The van der Waals surface area contributed by atoms with Gasteiger partial charge in [0.05, 0.1) is 0 Å². The van der Waals surface area contributed by atoms with Gasteiger partial charge in [-0.2, -0.15) is 0 Å². The van der Waals surface area contributed by atoms with Crippen molar-refractivity contribution in [3.63, 3.8) is 0 Å². The van der Waals surface area contributed by atoms with E-state index in [9.17, 15) is 0 Å². The van der Waals surface area contributed by atoms with Crippen molar-refractivity contribution in [3.8, 4) is 24.2 Å². The summed E-state index contributed by atoms with van der Waals surface area (Å²) in [5.41, 5.74) is 2.83. The van der Waals surface area contributed by atoms with E-state index < -0.39 is 0 Å². The normalized spacial score (nSPS) is 10.7. The quantitative estimate of drug-likeness (QED) is 0.243. The lowest BCUT2D eigenvalue weighted by atomic mass is 9.92. The first-order valence-electron chi connectivity index (χ1n) is 8.59. The zero-order valence-corrected chi connectivity index (χ0v) is 14.1. The van der Waals surface area contributed by atoms with Crippen molar-refractivity contribution in [2.75, 3.05) is 0 Å². The fourth-order valence-electron chi connectivity index (χ4n) is 3.67. The van der Waals surface area contributed by atoms with Crippen LogP contribution in [0.1, 0.15) is 16.7 Å². The molecule has 0 saturated heterocycles. The van der Waals surface area contributed by atoms with Gasteiger partial charge in [0.15, 0.2) is 0 Å². The van der Waals surface area contributed by atoms with Crippen LogP contribution in [-0.2, 0) is 0 Å². The van der Waals surface area contributed by atoms with Crippen molar-refractivity contribution >= 4 is 32.3 Å². The first-order valence-corrected chi connectivity index (χ1v) is 8.59. The Hall–Kier alpha value is -3.74. The van der Waals surface area contributed by atoms with Gasteiger partial charge in [-0.05, 0) is 56.6 Å². The second-order valence-electron chi connectivity index (χ2n) is 6.44. The summed E-state index contributed by atoms with van der Waals surface area (Å²) in [7, 11) is 0. The SMILES string of the molecule is C#Cc1cccc(C#Cc2ccc3ccc4cccc5ccc2c3c45)c1. The molecule has 0 aliphatic carbocycles. The molecule has 0 nitrogen and oxygen atoms in total. The van der Waals surface area contributed by atoms with Crippen LogP contribution in [0.5, 0.6) is 0 Å². The van der Waals surface area contributed by atoms with Gasteiger partial charge >= 0.3 is 0 Å². The molecule has 5 aromatic carbocycles. The molecular formula is C26H14. The summed E-state index contributed by atoms with van der Waals surface area (Å²) in [6.07, 6.45) is 5.49. The maximum absolute atomic E-state index is 5.49. The number of terminal acetylenes is 1. The Bertz CT molecular complexity index is 1370. The largest absolute Gasteiger partial charge is 0.115 e. The first kappa shape index (κ1) is 14.6. The molecule has 0 heteroatoms. The van der Waals surface area contributed by atoms with Gasteiger partial charge in [-0.15, -0.1) is 6.42 Å². The molecule has 5 rings (SSSR count). The monoisotopic (exact) mass is 326 g/mol. The van der Waals surface area contributed by atoms with Gasteiger partial charge in [0.2, 0.25) is 0 Å². The molecule has 0 saturated carbocycles. The highest BCUT2D eigenvalue weighted by Gasteiger charge is 2.09. The maximum Gasteiger partial charge on any atom is 0.0328 e. The summed E-state index contributed by atoms with van der Waals surface area (Å²) < 4.78 is 0. The molecule has 5 aromatic rings. The molecule has 0 aliphatic rings. The van der Waals surface area contributed by atoms with Crippen LogP contribution in [0.25, 0.3) is 32.3 Å². The number of rotatable bonds is 0. The highest BCUT2D eigenvalue weighted by Crippen LogP contribution is 2.35. The summed E-state index contributed by atoms with van der Waals surface area (Å²) in [5.74, 6) is 9.27. The van der Waals surface area contributed by atoms with Crippen molar-refractivity contribution in [2.45, 2.75) is 0 Å². The lowest BCUT2D eigenvalue weighted by molar-refractivity contribution is 1.60. The van der Waals surface area contributed by atoms with Crippen LogP contribution in [0.15, 0.2) is 78.9 Å². The van der Waals surface area contributed by atoms with E-state index in [0.29, 0.717) is 0 Å². The third-order valence-corrected chi connectivity index (χ3v) is 4.90. The summed E-state index contributed by atoms with van der Waals surface area (Å²) in [6.45, 7) is 0. The van der Waals surface area contributed by atoms with Crippen LogP contribution in [0, 0.1) is 24.2 Å². The van der Waals surface area contributed by atoms with Crippen molar-refractivity contribution < 1.29 is 0 Å². The molecule has 0 fully saturated rings. The Morgan fingerprint density at radius 1 is 0.577 bits per heavy atom. The smallest absolute Gasteiger partial charge is 0.0328 e. The highest BCUT2D eigenvalue weighted by atomic mass is 14.1. The van der Waals surface area contributed by atoms with Gasteiger partial charge in [0.25, 0.3) is 0 Å². The summed E-state index contributed by atoms with van der Waals surface area (Å²) in [4.78, 5) is 0. The van der Waals surface area contributed by atoms with Crippen LogP contribution in [-0.4, -0.2) is 0 Å². The molecular weight excluding hydrogens is 312 g/mol. The molecule has 0 unspecified atom stereocenters. The molecule has 0 spiro atoms. The Morgan fingerprint density at radius 3 is 2.04 bits per heavy atom. The topological polar surface area (TPSA) is 0 Å². The zero-order chi connectivity index (χ0) is 17.5. The number of benzene rings is 5. The van der Waals surface area contributed by atoms with E-state index in [1.807, 2.05) is 24.3 Å². The van der Waals surface area contributed by atoms with Crippen LogP contribution >= 0.6 is 0 Å². The van der Waals surface area contributed by atoms with Crippen LogP contribution in [0.2, 0.25) is 0 Å². The third-order valence-electron chi connectivity index (χ3n) is 4.90. The molecule has 0 aromatic heterocycles. The molecule has 0 aliphatic heterocycles. The predicted molar refractivity (Wildman–Crippen MR) is 111 cm³/mol. The minimum absolute atomic E-state index is 0.854. The predicted octanol–water partition coefficient (Wildman–Crippen LogP) is 5.97. The number of hydrogen-bond donors (Lipinski definition) is 0. The molecule has 118 valence electrons. The van der Waals surface area contributed by atoms with Gasteiger partial charge in [0, 0.05) is 16.7 Å². The Labute approximate surface area is 152 Å². The Balaban J connectivity index is 1.77. The van der Waals surface area contributed by atoms with Crippen LogP contribution < -0.4 is 0 Å². The standard InChI is InChI=1S/C26H14/c1-2-18-5-3-6-19(17-18)9-10-20-11-12-23-14-13-21-7-4-8-22-15-16-24(20)26(23)25(21)22/h1,3-8,11-17H. The summed E-state index contributed by atoms with van der Waals surface area (Å²) >= 11 is 0. The highest BCUT2D eigenvalue weighted by molar-refractivity contribution is 6.23. The number of hydrogen-bond acceptors (Lipinski definition) is 0. The van der Waals surface area contributed by atoms with E-state index in [4.69, 9.17) is 6.42 Å². The average Bonchev–Trinajstić information content (AvgIpc) is 2.71. The third kappa shape index (κ3) is 2.21. The first-order chi connectivity index (χ1) is 12.8. The van der Waals surface area contributed by atoms with Crippen LogP contribution in [0.4, 0.5) is 0 Å². The lowest BCUT2D eigenvalue weighted by Crippen LogP contribution is -1.86. The van der Waals surface area contributed by atoms with E-state index in [1.165, 1.54) is 32.3 Å². The molecule has 0 N–H and O–H groups in total. The average molecular weight is 326 g/mol. The Morgan fingerprint density at radius 2 is 1.23 bits per heavy atom. The summed E-state index contributed by atoms with van der Waals surface area (Å²) in [6, 6.07) is 27.3. The van der Waals surface area contributed by atoms with E-state index in [2.05, 4.69) is 72.4 Å². The zero-order valence-electron chi connectivity index (χ0n) is 14.1. The maximum atomic E-state index is 5.49. The molecule has 0 bridgehead atoms. The van der Waals surface area contributed by atoms with Gasteiger partial charge in [0.1, 0.15) is 0 Å². The minimum atomic E-state index is 0.854. The second-order valence-corrected chi connectivity index (χ2v) is 6.44. The fraction of sp³-hybridized carbons (Fsp3) is 0. The van der Waals surface area contributed by atoms with Crippen molar-refractivity contribution in [1.82, 2.24) is 0 Å². The molecule has 0 heterocycles. The van der Waals surface area contributed by atoms with Crippen molar-refractivity contribution in [3.05, 3.63) is 95.6 Å². The van der Waals surface area contributed by atoms with E-state index in [-0.39, 0.29) is 0 Å². The van der Waals surface area contributed by atoms with E-state index in [0.717, 1.165) is 16.7 Å². The van der Waals surface area contributed by atoms with E-state index in [1.54, 1.807) is 0 Å². The van der Waals surface area contributed by atoms with Gasteiger partial charge in [-0.25, -0.2) is 0 Å².